The van der Waals surface area contributed by atoms with Crippen LogP contribution in [0.3, 0.4) is 0 Å². The Labute approximate surface area is 185 Å². The van der Waals surface area contributed by atoms with Crippen molar-refractivity contribution >= 4 is 27.3 Å². The standard InChI is InChI=1S/C24H21FN2O4S/c1-2-13-26-23(28)16-11-12-22-20(14-16)27(15-17-7-3-5-9-19(17)25)24(29)18-8-4-6-10-21(18)32(22,30)31/h3-12,14H,2,13,15H2,1H3,(H,26,28). The van der Waals surface area contributed by atoms with E-state index in [0.717, 1.165) is 6.42 Å². The molecule has 0 aromatic heterocycles. The zero-order chi connectivity index (χ0) is 22.9. The van der Waals surface area contributed by atoms with Crippen LogP contribution in [-0.4, -0.2) is 26.8 Å². The monoisotopic (exact) mass is 452 g/mol. The summed E-state index contributed by atoms with van der Waals surface area (Å²) in [4.78, 5) is 27.0. The molecule has 0 saturated heterocycles. The van der Waals surface area contributed by atoms with Crippen LogP contribution in [0.15, 0.2) is 76.5 Å². The number of anilines is 1. The molecule has 1 aliphatic rings. The Morgan fingerprint density at radius 3 is 2.47 bits per heavy atom. The first-order valence-corrected chi connectivity index (χ1v) is 11.6. The van der Waals surface area contributed by atoms with Crippen LogP contribution in [0.4, 0.5) is 10.1 Å². The topological polar surface area (TPSA) is 83.6 Å². The molecule has 1 N–H and O–H groups in total. The lowest BCUT2D eigenvalue weighted by molar-refractivity contribution is 0.0950. The van der Waals surface area contributed by atoms with Crippen LogP contribution in [0.2, 0.25) is 0 Å². The fraction of sp³-hybridized carbons (Fsp3) is 0.167. The fourth-order valence-corrected chi connectivity index (χ4v) is 5.27. The maximum absolute atomic E-state index is 14.4. The van der Waals surface area contributed by atoms with Crippen molar-refractivity contribution in [1.82, 2.24) is 5.32 Å². The maximum Gasteiger partial charge on any atom is 0.259 e. The third-order valence-corrected chi connectivity index (χ3v) is 7.13. The van der Waals surface area contributed by atoms with E-state index in [9.17, 15) is 22.4 Å². The molecule has 0 bridgehead atoms. The summed E-state index contributed by atoms with van der Waals surface area (Å²) in [6, 6.07) is 16.0. The molecule has 32 heavy (non-hydrogen) atoms. The Balaban J connectivity index is 1.93. The van der Waals surface area contributed by atoms with Crippen molar-refractivity contribution in [3.8, 4) is 0 Å². The van der Waals surface area contributed by atoms with E-state index in [0.29, 0.717) is 6.54 Å². The van der Waals surface area contributed by atoms with Crippen LogP contribution in [0.5, 0.6) is 0 Å². The zero-order valence-corrected chi connectivity index (χ0v) is 18.2. The second-order valence-electron chi connectivity index (χ2n) is 7.42. The molecule has 0 fully saturated rings. The largest absolute Gasteiger partial charge is 0.352 e. The van der Waals surface area contributed by atoms with E-state index in [-0.39, 0.29) is 44.6 Å². The van der Waals surface area contributed by atoms with Crippen molar-refractivity contribution in [1.29, 1.82) is 0 Å². The molecule has 3 aromatic carbocycles. The van der Waals surface area contributed by atoms with Crippen LogP contribution in [-0.2, 0) is 16.4 Å². The minimum absolute atomic E-state index is 0.00276. The van der Waals surface area contributed by atoms with Crippen LogP contribution < -0.4 is 10.2 Å². The number of carbonyl (C=O) groups is 2. The van der Waals surface area contributed by atoms with Crippen molar-refractivity contribution in [2.45, 2.75) is 29.7 Å². The van der Waals surface area contributed by atoms with Gasteiger partial charge in [0.1, 0.15) is 5.82 Å². The summed E-state index contributed by atoms with van der Waals surface area (Å²) >= 11 is 0. The smallest absolute Gasteiger partial charge is 0.259 e. The second-order valence-corrected chi connectivity index (χ2v) is 9.31. The third-order valence-electron chi connectivity index (χ3n) is 5.28. The molecule has 4 rings (SSSR count). The van der Waals surface area contributed by atoms with E-state index in [1.165, 1.54) is 53.4 Å². The van der Waals surface area contributed by atoms with Gasteiger partial charge in [-0.05, 0) is 42.8 Å². The van der Waals surface area contributed by atoms with Gasteiger partial charge >= 0.3 is 0 Å². The van der Waals surface area contributed by atoms with Gasteiger partial charge in [0.25, 0.3) is 11.8 Å². The lowest BCUT2D eigenvalue weighted by Crippen LogP contribution is -2.31. The molecule has 164 valence electrons. The number of nitrogens with zero attached hydrogens (tertiary/aromatic N) is 1. The molecule has 0 saturated carbocycles. The number of hydrogen-bond donors (Lipinski definition) is 1. The minimum atomic E-state index is -4.05. The van der Waals surface area contributed by atoms with Gasteiger partial charge < -0.3 is 10.2 Å². The fourth-order valence-electron chi connectivity index (χ4n) is 3.64. The number of fused-ring (bicyclic) bond motifs is 2. The lowest BCUT2D eigenvalue weighted by Gasteiger charge is -2.23. The normalized spacial score (nSPS) is 14.3. The Kier molecular flexibility index (Phi) is 5.80. The van der Waals surface area contributed by atoms with E-state index in [1.54, 1.807) is 18.2 Å². The first kappa shape index (κ1) is 21.7. The number of hydrogen-bond acceptors (Lipinski definition) is 4. The Morgan fingerprint density at radius 1 is 1.00 bits per heavy atom. The first-order valence-electron chi connectivity index (χ1n) is 10.2. The predicted octanol–water partition coefficient (Wildman–Crippen LogP) is 3.96. The highest BCUT2D eigenvalue weighted by Crippen LogP contribution is 2.38. The van der Waals surface area contributed by atoms with Crippen molar-refractivity contribution in [3.63, 3.8) is 0 Å². The number of sulfone groups is 1. The summed E-state index contributed by atoms with van der Waals surface area (Å²) in [5.74, 6) is -1.48. The lowest BCUT2D eigenvalue weighted by atomic mass is 10.1. The van der Waals surface area contributed by atoms with Crippen LogP contribution in [0.1, 0.15) is 39.6 Å². The molecular formula is C24H21FN2O4S. The second kappa shape index (κ2) is 8.55. The SMILES string of the molecule is CCCNC(=O)c1ccc2c(c1)N(Cc1ccccc1F)C(=O)c1ccccc1S2(=O)=O. The highest BCUT2D eigenvalue weighted by Gasteiger charge is 2.36. The van der Waals surface area contributed by atoms with Crippen LogP contribution >= 0.6 is 0 Å². The van der Waals surface area contributed by atoms with Crippen molar-refractivity contribution < 1.29 is 22.4 Å². The van der Waals surface area contributed by atoms with Gasteiger partial charge in [-0.3, -0.25) is 9.59 Å². The molecule has 0 atom stereocenters. The van der Waals surface area contributed by atoms with Crippen molar-refractivity contribution in [3.05, 3.63) is 89.2 Å². The molecule has 0 spiro atoms. The van der Waals surface area contributed by atoms with Gasteiger partial charge in [0, 0.05) is 17.7 Å². The Hall–Kier alpha value is -3.52. The van der Waals surface area contributed by atoms with Gasteiger partial charge in [-0.15, -0.1) is 0 Å². The van der Waals surface area contributed by atoms with Gasteiger partial charge in [0.05, 0.1) is 27.6 Å². The molecule has 8 heteroatoms. The van der Waals surface area contributed by atoms with Gasteiger partial charge in [0.15, 0.2) is 0 Å². The van der Waals surface area contributed by atoms with E-state index in [1.807, 2.05) is 6.92 Å². The number of amides is 2. The highest BCUT2D eigenvalue weighted by atomic mass is 32.2. The summed E-state index contributed by atoms with van der Waals surface area (Å²) in [7, 11) is -4.05. The molecule has 2 amide bonds. The summed E-state index contributed by atoms with van der Waals surface area (Å²) in [5.41, 5.74) is 0.477. The maximum atomic E-state index is 14.4. The molecule has 6 nitrogen and oxygen atoms in total. The van der Waals surface area contributed by atoms with Gasteiger partial charge in [-0.2, -0.15) is 0 Å². The van der Waals surface area contributed by atoms with Crippen LogP contribution in [0, 0.1) is 5.82 Å². The van der Waals surface area contributed by atoms with E-state index < -0.39 is 21.6 Å². The number of carbonyl (C=O) groups excluding carboxylic acids is 2. The molecule has 0 aliphatic carbocycles. The van der Waals surface area contributed by atoms with E-state index in [4.69, 9.17) is 0 Å². The average molecular weight is 453 g/mol. The number of benzene rings is 3. The number of nitrogens with one attached hydrogen (secondary N) is 1. The number of rotatable bonds is 5. The van der Waals surface area contributed by atoms with E-state index in [2.05, 4.69) is 5.32 Å². The summed E-state index contributed by atoms with van der Waals surface area (Å²) in [5, 5.41) is 2.74. The predicted molar refractivity (Wildman–Crippen MR) is 118 cm³/mol. The molecular weight excluding hydrogens is 431 g/mol. The summed E-state index contributed by atoms with van der Waals surface area (Å²) in [6.07, 6.45) is 0.734. The van der Waals surface area contributed by atoms with Gasteiger partial charge in [0.2, 0.25) is 9.84 Å². The Morgan fingerprint density at radius 2 is 1.72 bits per heavy atom. The van der Waals surface area contributed by atoms with Gasteiger partial charge in [-0.1, -0.05) is 37.3 Å². The minimum Gasteiger partial charge on any atom is -0.352 e. The molecule has 3 aromatic rings. The summed E-state index contributed by atoms with van der Waals surface area (Å²) < 4.78 is 41.3. The first-order chi connectivity index (χ1) is 15.3. The third kappa shape index (κ3) is 3.78. The van der Waals surface area contributed by atoms with Crippen LogP contribution in [0.25, 0.3) is 0 Å². The molecule has 1 aliphatic heterocycles. The average Bonchev–Trinajstić information content (AvgIpc) is 2.87. The summed E-state index contributed by atoms with van der Waals surface area (Å²) in [6.45, 7) is 2.18. The highest BCUT2D eigenvalue weighted by molar-refractivity contribution is 7.91. The van der Waals surface area contributed by atoms with Gasteiger partial charge in [-0.25, -0.2) is 12.8 Å². The number of halogens is 1. The molecule has 1 heterocycles. The molecule has 0 unspecified atom stereocenters. The Bertz CT molecular complexity index is 1320. The van der Waals surface area contributed by atoms with Crippen molar-refractivity contribution in [2.75, 3.05) is 11.4 Å². The van der Waals surface area contributed by atoms with Crippen molar-refractivity contribution in [2.24, 2.45) is 0 Å². The van der Waals surface area contributed by atoms with E-state index >= 15 is 0 Å². The zero-order valence-electron chi connectivity index (χ0n) is 17.3. The quantitative estimate of drug-likeness (QED) is 0.635. The molecule has 0 radical (unpaired) electrons.